The predicted octanol–water partition coefficient (Wildman–Crippen LogP) is 0.819. The lowest BCUT2D eigenvalue weighted by atomic mass is 9.84. The number of fused-ring (bicyclic) bond motifs is 2. The van der Waals surface area contributed by atoms with Crippen LogP contribution in [0.3, 0.4) is 0 Å². The number of carbonyl (C=O) groups is 2. The summed E-state index contributed by atoms with van der Waals surface area (Å²) in [6, 6.07) is 0.0313. The first-order chi connectivity index (χ1) is 9.13. The molecule has 5 nitrogen and oxygen atoms in total. The second-order valence-electron chi connectivity index (χ2n) is 5.64. The molecule has 1 amide bonds. The maximum Gasteiger partial charge on any atom is 0.305 e. The molecule has 0 saturated heterocycles. The molecule has 2 aliphatic carbocycles. The highest BCUT2D eigenvalue weighted by atomic mass is 16.5. The van der Waals surface area contributed by atoms with Crippen molar-refractivity contribution in [2.45, 2.75) is 45.1 Å². The summed E-state index contributed by atoms with van der Waals surface area (Å²) in [5.74, 6) is 0.878. The second-order valence-corrected chi connectivity index (χ2v) is 5.64. The molecule has 0 aromatic rings. The fraction of sp³-hybridized carbons (Fsp3) is 0.857. The van der Waals surface area contributed by atoms with Crippen LogP contribution in [0.5, 0.6) is 0 Å². The quantitative estimate of drug-likeness (QED) is 0.552. The minimum Gasteiger partial charge on any atom is -0.466 e. The molecule has 2 fully saturated rings. The zero-order chi connectivity index (χ0) is 13.8. The summed E-state index contributed by atoms with van der Waals surface area (Å²) in [7, 11) is 0. The van der Waals surface area contributed by atoms with Crippen LogP contribution in [0.15, 0.2) is 0 Å². The molecule has 4 atom stereocenters. The van der Waals surface area contributed by atoms with Gasteiger partial charge < -0.3 is 15.8 Å². The molecule has 2 bridgehead atoms. The summed E-state index contributed by atoms with van der Waals surface area (Å²) in [5, 5.41) is 2.91. The van der Waals surface area contributed by atoms with Crippen LogP contribution in [0, 0.1) is 17.8 Å². The monoisotopic (exact) mass is 268 g/mol. The van der Waals surface area contributed by atoms with Crippen molar-refractivity contribution < 1.29 is 14.3 Å². The molecule has 0 aromatic heterocycles. The van der Waals surface area contributed by atoms with E-state index in [9.17, 15) is 9.59 Å². The highest BCUT2D eigenvalue weighted by molar-refractivity contribution is 5.80. The normalized spacial score (nSPS) is 32.3. The molecule has 5 heteroatoms. The van der Waals surface area contributed by atoms with Crippen LogP contribution in [-0.4, -0.2) is 31.1 Å². The number of hydrogen-bond acceptors (Lipinski definition) is 4. The maximum absolute atomic E-state index is 12.1. The maximum atomic E-state index is 12.1. The first kappa shape index (κ1) is 14.3. The fourth-order valence-corrected chi connectivity index (χ4v) is 3.52. The van der Waals surface area contributed by atoms with E-state index < -0.39 is 0 Å². The third-order valence-electron chi connectivity index (χ3n) is 4.45. The topological polar surface area (TPSA) is 81.4 Å². The molecule has 3 N–H and O–H groups in total. The van der Waals surface area contributed by atoms with Gasteiger partial charge in [-0.25, -0.2) is 0 Å². The molecule has 19 heavy (non-hydrogen) atoms. The van der Waals surface area contributed by atoms with Crippen molar-refractivity contribution in [2.75, 3.05) is 13.2 Å². The minimum absolute atomic E-state index is 0.0126. The zero-order valence-electron chi connectivity index (χ0n) is 11.6. The Bertz CT molecular complexity index is 344. The molecule has 0 radical (unpaired) electrons. The number of ether oxygens (including phenoxy) is 1. The van der Waals surface area contributed by atoms with Crippen molar-refractivity contribution in [1.29, 1.82) is 0 Å². The Morgan fingerprint density at radius 3 is 2.68 bits per heavy atom. The SMILES string of the molecule is CCOC(=O)CCCNC(=O)C1C2CCC(C2)C1N. The van der Waals surface area contributed by atoms with Gasteiger partial charge in [-0.3, -0.25) is 9.59 Å². The lowest BCUT2D eigenvalue weighted by Crippen LogP contribution is -2.45. The molecule has 4 unspecified atom stereocenters. The summed E-state index contributed by atoms with van der Waals surface area (Å²) >= 11 is 0. The molecule has 2 rings (SSSR count). The Morgan fingerprint density at radius 2 is 2.05 bits per heavy atom. The van der Waals surface area contributed by atoms with E-state index in [4.69, 9.17) is 10.5 Å². The Morgan fingerprint density at radius 1 is 1.32 bits per heavy atom. The number of nitrogens with one attached hydrogen (secondary N) is 1. The third-order valence-corrected chi connectivity index (χ3v) is 4.45. The Kier molecular flexibility index (Phi) is 4.80. The lowest BCUT2D eigenvalue weighted by molar-refractivity contribution is -0.143. The third kappa shape index (κ3) is 3.26. The van der Waals surface area contributed by atoms with Crippen molar-refractivity contribution in [3.05, 3.63) is 0 Å². The van der Waals surface area contributed by atoms with Gasteiger partial charge in [0.2, 0.25) is 5.91 Å². The van der Waals surface area contributed by atoms with Gasteiger partial charge in [-0.2, -0.15) is 0 Å². The molecular weight excluding hydrogens is 244 g/mol. The number of nitrogens with two attached hydrogens (primary N) is 1. The van der Waals surface area contributed by atoms with Crippen molar-refractivity contribution in [3.8, 4) is 0 Å². The largest absolute Gasteiger partial charge is 0.466 e. The van der Waals surface area contributed by atoms with Gasteiger partial charge in [0.25, 0.3) is 0 Å². The van der Waals surface area contributed by atoms with E-state index in [0.29, 0.717) is 37.8 Å². The van der Waals surface area contributed by atoms with Gasteiger partial charge in [0, 0.05) is 19.0 Å². The number of rotatable bonds is 6. The number of esters is 1. The van der Waals surface area contributed by atoms with E-state index in [1.807, 2.05) is 0 Å². The van der Waals surface area contributed by atoms with E-state index in [2.05, 4.69) is 5.32 Å². The molecule has 2 aliphatic rings. The van der Waals surface area contributed by atoms with Crippen LogP contribution < -0.4 is 11.1 Å². The Hall–Kier alpha value is -1.10. The van der Waals surface area contributed by atoms with Crippen LogP contribution in [0.25, 0.3) is 0 Å². The minimum atomic E-state index is -0.201. The second kappa shape index (κ2) is 6.37. The molecule has 0 heterocycles. The van der Waals surface area contributed by atoms with Gasteiger partial charge >= 0.3 is 5.97 Å². The summed E-state index contributed by atoms with van der Waals surface area (Å²) in [5.41, 5.74) is 6.12. The smallest absolute Gasteiger partial charge is 0.305 e. The number of amides is 1. The molecule has 2 saturated carbocycles. The standard InChI is InChI=1S/C14H24N2O3/c1-2-19-11(17)4-3-7-16-14(18)12-9-5-6-10(8-9)13(12)15/h9-10,12-13H,2-8,15H2,1H3,(H,16,18). The molecule has 0 aromatic carbocycles. The van der Waals surface area contributed by atoms with Gasteiger partial charge in [-0.05, 0) is 44.4 Å². The molecular formula is C14H24N2O3. The highest BCUT2D eigenvalue weighted by Crippen LogP contribution is 2.47. The van der Waals surface area contributed by atoms with Crippen LogP contribution >= 0.6 is 0 Å². The highest BCUT2D eigenvalue weighted by Gasteiger charge is 2.48. The van der Waals surface area contributed by atoms with E-state index >= 15 is 0 Å². The van der Waals surface area contributed by atoms with Gasteiger partial charge in [0.15, 0.2) is 0 Å². The van der Waals surface area contributed by atoms with Gasteiger partial charge in [-0.15, -0.1) is 0 Å². The van der Waals surface area contributed by atoms with Crippen molar-refractivity contribution >= 4 is 11.9 Å². The van der Waals surface area contributed by atoms with Crippen LogP contribution in [0.4, 0.5) is 0 Å². The van der Waals surface area contributed by atoms with Gasteiger partial charge in [0.05, 0.1) is 12.5 Å². The van der Waals surface area contributed by atoms with E-state index in [-0.39, 0.29) is 23.8 Å². The van der Waals surface area contributed by atoms with Crippen LogP contribution in [0.2, 0.25) is 0 Å². The average molecular weight is 268 g/mol. The Labute approximate surface area is 114 Å². The summed E-state index contributed by atoms with van der Waals surface area (Å²) in [6.45, 7) is 2.72. The van der Waals surface area contributed by atoms with Gasteiger partial charge in [-0.1, -0.05) is 0 Å². The van der Waals surface area contributed by atoms with E-state index in [1.54, 1.807) is 6.92 Å². The number of carbonyl (C=O) groups excluding carboxylic acids is 2. The van der Waals surface area contributed by atoms with Crippen molar-refractivity contribution in [2.24, 2.45) is 23.5 Å². The van der Waals surface area contributed by atoms with Crippen molar-refractivity contribution in [1.82, 2.24) is 5.32 Å². The zero-order valence-corrected chi connectivity index (χ0v) is 11.6. The first-order valence-corrected chi connectivity index (χ1v) is 7.32. The fourth-order valence-electron chi connectivity index (χ4n) is 3.52. The molecule has 0 spiro atoms. The molecule has 108 valence electrons. The van der Waals surface area contributed by atoms with Crippen molar-refractivity contribution in [3.63, 3.8) is 0 Å². The summed E-state index contributed by atoms with van der Waals surface area (Å²) in [4.78, 5) is 23.3. The Balaban J connectivity index is 1.66. The first-order valence-electron chi connectivity index (χ1n) is 7.32. The summed E-state index contributed by atoms with van der Waals surface area (Å²) < 4.78 is 4.83. The predicted molar refractivity (Wildman–Crippen MR) is 71.2 cm³/mol. The summed E-state index contributed by atoms with van der Waals surface area (Å²) in [6.07, 6.45) is 4.41. The van der Waals surface area contributed by atoms with Crippen LogP contribution in [0.1, 0.15) is 39.0 Å². The molecule has 0 aliphatic heterocycles. The number of hydrogen-bond donors (Lipinski definition) is 2. The van der Waals surface area contributed by atoms with Gasteiger partial charge in [0.1, 0.15) is 0 Å². The van der Waals surface area contributed by atoms with Crippen LogP contribution in [-0.2, 0) is 14.3 Å². The van der Waals surface area contributed by atoms with E-state index in [0.717, 1.165) is 12.8 Å². The average Bonchev–Trinajstić information content (AvgIpc) is 2.95. The lowest BCUT2D eigenvalue weighted by Gasteiger charge is -2.26. The van der Waals surface area contributed by atoms with E-state index in [1.165, 1.54) is 6.42 Å².